The van der Waals surface area contributed by atoms with Crippen molar-refractivity contribution in [2.45, 2.75) is 12.8 Å². The predicted molar refractivity (Wildman–Crippen MR) is 76.8 cm³/mol. The third-order valence-electron chi connectivity index (χ3n) is 3.64. The van der Waals surface area contributed by atoms with Gasteiger partial charge in [-0.2, -0.15) is 4.98 Å². The zero-order valence-corrected chi connectivity index (χ0v) is 11.6. The summed E-state index contributed by atoms with van der Waals surface area (Å²) in [6, 6.07) is 5.90. The molecular formula is C15H18N4O. The number of hydrogen-bond donors (Lipinski definition) is 0. The highest BCUT2D eigenvalue weighted by molar-refractivity contribution is 5.33. The van der Waals surface area contributed by atoms with E-state index in [0.717, 1.165) is 31.9 Å². The Morgan fingerprint density at radius 1 is 1.35 bits per heavy atom. The second kappa shape index (κ2) is 5.86. The maximum absolute atomic E-state index is 5.15. The van der Waals surface area contributed by atoms with Gasteiger partial charge in [0.2, 0.25) is 11.8 Å². The van der Waals surface area contributed by atoms with Gasteiger partial charge in [-0.05, 0) is 30.4 Å². The van der Waals surface area contributed by atoms with E-state index in [2.05, 4.69) is 25.9 Å². The molecule has 0 spiro atoms. The number of pyridine rings is 1. The highest BCUT2D eigenvalue weighted by Gasteiger charge is 2.24. The number of nitrogens with zero attached hydrogens (tertiary/aromatic N) is 4. The van der Waals surface area contributed by atoms with E-state index in [1.165, 1.54) is 5.56 Å². The van der Waals surface area contributed by atoms with Crippen molar-refractivity contribution in [2.24, 2.45) is 5.92 Å². The SMILES string of the molecule is COc1ccnc(N2CCC(Cc3cccnc3)C2)n1. The first-order valence-corrected chi connectivity index (χ1v) is 6.86. The van der Waals surface area contributed by atoms with Crippen LogP contribution in [0.3, 0.4) is 0 Å². The molecule has 1 saturated heterocycles. The van der Waals surface area contributed by atoms with E-state index in [9.17, 15) is 0 Å². The van der Waals surface area contributed by atoms with Crippen LogP contribution in [0.2, 0.25) is 0 Å². The molecule has 2 aromatic heterocycles. The highest BCUT2D eigenvalue weighted by atomic mass is 16.5. The van der Waals surface area contributed by atoms with Crippen molar-refractivity contribution < 1.29 is 4.74 Å². The van der Waals surface area contributed by atoms with Crippen LogP contribution in [0.25, 0.3) is 0 Å². The molecule has 3 rings (SSSR count). The molecule has 1 fully saturated rings. The van der Waals surface area contributed by atoms with Gasteiger partial charge in [-0.15, -0.1) is 0 Å². The minimum atomic E-state index is 0.616. The average Bonchev–Trinajstić information content (AvgIpc) is 2.97. The molecule has 0 radical (unpaired) electrons. The second-order valence-electron chi connectivity index (χ2n) is 5.07. The topological polar surface area (TPSA) is 51.1 Å². The summed E-state index contributed by atoms with van der Waals surface area (Å²) < 4.78 is 5.15. The summed E-state index contributed by atoms with van der Waals surface area (Å²) in [7, 11) is 1.63. The van der Waals surface area contributed by atoms with Crippen molar-refractivity contribution in [3.63, 3.8) is 0 Å². The predicted octanol–water partition coefficient (Wildman–Crippen LogP) is 1.95. The van der Waals surface area contributed by atoms with Crippen LogP contribution >= 0.6 is 0 Å². The van der Waals surface area contributed by atoms with Crippen LogP contribution in [-0.2, 0) is 6.42 Å². The van der Waals surface area contributed by atoms with Gasteiger partial charge in [0, 0.05) is 37.7 Å². The summed E-state index contributed by atoms with van der Waals surface area (Å²) in [6.45, 7) is 1.99. The van der Waals surface area contributed by atoms with Crippen molar-refractivity contribution in [1.29, 1.82) is 0 Å². The Kier molecular flexibility index (Phi) is 3.76. The Hall–Kier alpha value is -2.17. The van der Waals surface area contributed by atoms with Gasteiger partial charge in [0.1, 0.15) is 0 Å². The Balaban J connectivity index is 1.64. The Morgan fingerprint density at radius 2 is 2.30 bits per heavy atom. The molecule has 1 atom stereocenters. The zero-order valence-electron chi connectivity index (χ0n) is 11.6. The summed E-state index contributed by atoms with van der Waals surface area (Å²) in [5.41, 5.74) is 1.30. The van der Waals surface area contributed by atoms with Gasteiger partial charge >= 0.3 is 0 Å². The van der Waals surface area contributed by atoms with Crippen LogP contribution in [0.15, 0.2) is 36.8 Å². The fourth-order valence-corrected chi connectivity index (χ4v) is 2.63. The Labute approximate surface area is 118 Å². The van der Waals surface area contributed by atoms with Gasteiger partial charge < -0.3 is 9.64 Å². The van der Waals surface area contributed by atoms with Gasteiger partial charge in [0.05, 0.1) is 7.11 Å². The van der Waals surface area contributed by atoms with Crippen LogP contribution in [-0.4, -0.2) is 35.2 Å². The lowest BCUT2D eigenvalue weighted by Gasteiger charge is -2.16. The minimum Gasteiger partial charge on any atom is -0.481 e. The average molecular weight is 270 g/mol. The number of anilines is 1. The number of rotatable bonds is 4. The van der Waals surface area contributed by atoms with Crippen LogP contribution < -0.4 is 9.64 Å². The molecule has 0 bridgehead atoms. The number of ether oxygens (including phenoxy) is 1. The normalized spacial score (nSPS) is 18.2. The van der Waals surface area contributed by atoms with E-state index in [4.69, 9.17) is 4.74 Å². The molecule has 5 nitrogen and oxygen atoms in total. The maximum atomic E-state index is 5.15. The van der Waals surface area contributed by atoms with Crippen molar-refractivity contribution in [1.82, 2.24) is 15.0 Å². The first-order chi connectivity index (χ1) is 9.85. The smallest absolute Gasteiger partial charge is 0.228 e. The van der Waals surface area contributed by atoms with Crippen LogP contribution in [0.5, 0.6) is 5.88 Å². The van der Waals surface area contributed by atoms with Crippen molar-refractivity contribution >= 4 is 5.95 Å². The van der Waals surface area contributed by atoms with E-state index < -0.39 is 0 Å². The first kappa shape index (κ1) is 12.8. The summed E-state index contributed by atoms with van der Waals surface area (Å²) >= 11 is 0. The molecule has 2 aromatic rings. The van der Waals surface area contributed by atoms with Crippen LogP contribution in [0.1, 0.15) is 12.0 Å². The fourth-order valence-electron chi connectivity index (χ4n) is 2.63. The van der Waals surface area contributed by atoms with Crippen LogP contribution in [0.4, 0.5) is 5.95 Å². The van der Waals surface area contributed by atoms with E-state index in [1.54, 1.807) is 19.4 Å². The molecule has 0 aliphatic carbocycles. The van der Waals surface area contributed by atoms with Gasteiger partial charge in [-0.3, -0.25) is 4.98 Å². The largest absolute Gasteiger partial charge is 0.481 e. The molecule has 1 unspecified atom stereocenters. The molecule has 104 valence electrons. The Bertz CT molecular complexity index is 561. The fraction of sp³-hybridized carbons (Fsp3) is 0.400. The standard InChI is InChI=1S/C15H18N4O/c1-20-14-4-7-17-15(18-14)19-8-5-13(11-19)9-12-3-2-6-16-10-12/h2-4,6-7,10,13H,5,8-9,11H2,1H3. The number of aromatic nitrogens is 3. The third-order valence-corrected chi connectivity index (χ3v) is 3.64. The molecule has 20 heavy (non-hydrogen) atoms. The van der Waals surface area contributed by atoms with Crippen molar-refractivity contribution in [2.75, 3.05) is 25.1 Å². The van der Waals surface area contributed by atoms with E-state index in [-0.39, 0.29) is 0 Å². The lowest BCUT2D eigenvalue weighted by atomic mass is 10.0. The van der Waals surface area contributed by atoms with Gasteiger partial charge in [-0.1, -0.05) is 6.07 Å². The first-order valence-electron chi connectivity index (χ1n) is 6.86. The maximum Gasteiger partial charge on any atom is 0.228 e. The summed E-state index contributed by atoms with van der Waals surface area (Å²) in [5.74, 6) is 2.01. The van der Waals surface area contributed by atoms with Crippen LogP contribution in [0, 0.1) is 5.92 Å². The van der Waals surface area contributed by atoms with Gasteiger partial charge in [0.25, 0.3) is 0 Å². The molecular weight excluding hydrogens is 252 g/mol. The lowest BCUT2D eigenvalue weighted by molar-refractivity contribution is 0.397. The molecule has 5 heteroatoms. The number of methoxy groups -OCH3 is 1. The summed E-state index contributed by atoms with van der Waals surface area (Å²) in [4.78, 5) is 15.1. The third kappa shape index (κ3) is 2.87. The van der Waals surface area contributed by atoms with Gasteiger partial charge in [0.15, 0.2) is 0 Å². The van der Waals surface area contributed by atoms with E-state index in [0.29, 0.717) is 11.8 Å². The zero-order chi connectivity index (χ0) is 13.8. The monoisotopic (exact) mass is 270 g/mol. The quantitative estimate of drug-likeness (QED) is 0.850. The molecule has 0 amide bonds. The Morgan fingerprint density at radius 3 is 3.10 bits per heavy atom. The van der Waals surface area contributed by atoms with E-state index >= 15 is 0 Å². The molecule has 1 aliphatic rings. The highest BCUT2D eigenvalue weighted by Crippen LogP contribution is 2.24. The summed E-state index contributed by atoms with van der Waals surface area (Å²) in [6.07, 6.45) is 7.73. The summed E-state index contributed by atoms with van der Waals surface area (Å²) in [5, 5.41) is 0. The second-order valence-corrected chi connectivity index (χ2v) is 5.07. The van der Waals surface area contributed by atoms with Gasteiger partial charge in [-0.25, -0.2) is 4.98 Å². The molecule has 0 N–H and O–H groups in total. The molecule has 0 aromatic carbocycles. The van der Waals surface area contributed by atoms with Crippen molar-refractivity contribution in [3.8, 4) is 5.88 Å². The molecule has 3 heterocycles. The molecule has 1 aliphatic heterocycles. The lowest BCUT2D eigenvalue weighted by Crippen LogP contribution is -2.22. The van der Waals surface area contributed by atoms with Crippen molar-refractivity contribution in [3.05, 3.63) is 42.4 Å². The minimum absolute atomic E-state index is 0.616. The molecule has 0 saturated carbocycles. The number of hydrogen-bond acceptors (Lipinski definition) is 5. The van der Waals surface area contributed by atoms with E-state index in [1.807, 2.05) is 18.5 Å².